The Morgan fingerprint density at radius 1 is 0.342 bits per heavy atom. The molecule has 9 heteroatoms. The van der Waals surface area contributed by atoms with E-state index in [1.54, 1.807) is 12.1 Å². The van der Waals surface area contributed by atoms with E-state index in [-0.39, 0.29) is 0 Å². The minimum Gasteiger partial charge on any atom is -0.594 e. The summed E-state index contributed by atoms with van der Waals surface area (Å²) < 4.78 is 38.8. The Kier molecular flexibility index (Phi) is 31.4. The summed E-state index contributed by atoms with van der Waals surface area (Å²) in [6.07, 6.45) is 35.2. The third kappa shape index (κ3) is 23.5. The van der Waals surface area contributed by atoms with Crippen LogP contribution in [0.15, 0.2) is 77.9 Å². The molecule has 0 saturated carbocycles. The zero-order valence-electron chi connectivity index (χ0n) is 46.2. The first-order valence-electron chi connectivity index (χ1n) is 28.8. The summed E-state index contributed by atoms with van der Waals surface area (Å²) in [6.45, 7) is 17.1. The SMILES string of the molecule is CCCCCCOc1ccc(/C=C/c2ccc(N=[N+]([O-])c3ccc(/C=C/c4ccc(OCCCCCC)c(OCCCCCC)c4OCCCCCC)cc3)cc2)c(OCCCCCC)c1OCCCCCC. The van der Waals surface area contributed by atoms with Crippen LogP contribution in [0.5, 0.6) is 34.5 Å². The normalized spacial score (nSPS) is 11.7. The molecule has 0 fully saturated rings. The van der Waals surface area contributed by atoms with E-state index in [9.17, 15) is 5.21 Å². The summed E-state index contributed by atoms with van der Waals surface area (Å²) in [4.78, 5) is 0.676. The van der Waals surface area contributed by atoms with Crippen LogP contribution in [0.25, 0.3) is 24.3 Å². The Hall–Kier alpha value is -5.44. The third-order valence-corrected chi connectivity index (χ3v) is 12.8. The predicted molar refractivity (Wildman–Crippen MR) is 307 cm³/mol. The number of unbranched alkanes of at least 4 members (excludes halogenated alkanes) is 18. The Bertz CT molecular complexity index is 2150. The van der Waals surface area contributed by atoms with Crippen molar-refractivity contribution in [3.8, 4) is 34.5 Å². The minimum absolute atomic E-state index is 0.440. The van der Waals surface area contributed by atoms with E-state index >= 15 is 0 Å². The fourth-order valence-electron chi connectivity index (χ4n) is 8.31. The van der Waals surface area contributed by atoms with Crippen LogP contribution >= 0.6 is 0 Å². The van der Waals surface area contributed by atoms with E-state index in [1.165, 1.54) is 77.0 Å². The molecule has 4 aromatic rings. The zero-order chi connectivity index (χ0) is 52.0. The standard InChI is InChI=1S/C64H94N2O7/c1-7-13-19-25-47-68-59-45-39-55(61(70-49-27-21-15-9-3)63(59)72-51-29-23-17-11-5)37-31-53-33-41-57(42-34-53)65-66(67)58-43-35-54(36-44-58)32-38-56-40-46-60(69-48-26-20-14-8-2)64(73-52-30-24-18-12-6)62(56)71-50-28-22-16-10-4/h31-46H,7-30,47-52H2,1-6H3/b37-31+,38-32+,66-65?. The molecule has 0 N–H and O–H groups in total. The van der Waals surface area contributed by atoms with Gasteiger partial charge in [-0.15, -0.1) is 0 Å². The highest BCUT2D eigenvalue weighted by Crippen LogP contribution is 2.43. The summed E-state index contributed by atoms with van der Waals surface area (Å²) in [6, 6.07) is 23.3. The molecule has 0 amide bonds. The third-order valence-electron chi connectivity index (χ3n) is 12.8. The van der Waals surface area contributed by atoms with Crippen LogP contribution in [0.3, 0.4) is 0 Å². The van der Waals surface area contributed by atoms with Gasteiger partial charge in [-0.25, -0.2) is 0 Å². The van der Waals surface area contributed by atoms with Gasteiger partial charge in [0.2, 0.25) is 17.2 Å². The monoisotopic (exact) mass is 1000 g/mol. The zero-order valence-corrected chi connectivity index (χ0v) is 46.2. The van der Waals surface area contributed by atoms with Gasteiger partial charge in [-0.2, -0.15) is 0 Å². The molecule has 73 heavy (non-hydrogen) atoms. The number of hydrogen-bond acceptors (Lipinski definition) is 8. The first-order chi connectivity index (χ1) is 36.0. The topological polar surface area (TPSA) is 93.8 Å². The summed E-state index contributed by atoms with van der Waals surface area (Å²) in [5.74, 6) is 4.33. The molecule has 0 heterocycles. The molecule has 0 atom stereocenters. The minimum atomic E-state index is 0.440. The van der Waals surface area contributed by atoms with Crippen molar-refractivity contribution in [3.63, 3.8) is 0 Å². The molecule has 4 rings (SSSR count). The van der Waals surface area contributed by atoms with Gasteiger partial charge in [-0.1, -0.05) is 198 Å². The molecule has 0 unspecified atom stereocenters. The van der Waals surface area contributed by atoms with Gasteiger partial charge in [-0.3, -0.25) is 0 Å². The van der Waals surface area contributed by atoms with Crippen LogP contribution in [0, 0.1) is 5.21 Å². The van der Waals surface area contributed by atoms with Crippen LogP contribution in [-0.2, 0) is 0 Å². The molecule has 0 aromatic heterocycles. The van der Waals surface area contributed by atoms with Gasteiger partial charge in [0.05, 0.1) is 39.6 Å². The molecule has 0 bridgehead atoms. The molecule has 0 aliphatic heterocycles. The van der Waals surface area contributed by atoms with E-state index in [0.29, 0.717) is 67.4 Å². The highest BCUT2D eigenvalue weighted by Gasteiger charge is 2.19. The smallest absolute Gasteiger partial charge is 0.244 e. The van der Waals surface area contributed by atoms with Crippen molar-refractivity contribution in [1.29, 1.82) is 0 Å². The quantitative estimate of drug-likeness (QED) is 0.0143. The van der Waals surface area contributed by atoms with Gasteiger partial charge in [0, 0.05) is 28.4 Å². The van der Waals surface area contributed by atoms with E-state index in [2.05, 4.69) is 77.0 Å². The maximum Gasteiger partial charge on any atom is 0.244 e. The second kappa shape index (κ2) is 38.2. The van der Waals surface area contributed by atoms with E-state index in [4.69, 9.17) is 28.4 Å². The van der Waals surface area contributed by atoms with Crippen molar-refractivity contribution in [3.05, 3.63) is 100 Å². The second-order valence-electron chi connectivity index (χ2n) is 19.3. The largest absolute Gasteiger partial charge is 0.594 e. The Morgan fingerprint density at radius 3 is 1.00 bits per heavy atom. The fourth-order valence-corrected chi connectivity index (χ4v) is 8.31. The number of ether oxygens (including phenoxy) is 6. The molecule has 0 saturated heterocycles. The molecular weight excluding hydrogens is 909 g/mol. The maximum absolute atomic E-state index is 13.4. The van der Waals surface area contributed by atoms with Crippen molar-refractivity contribution >= 4 is 35.7 Å². The van der Waals surface area contributed by atoms with E-state index in [0.717, 1.165) is 122 Å². The average Bonchev–Trinajstić information content (AvgIpc) is 3.41. The fraction of sp³-hybridized carbons (Fsp3) is 0.562. The predicted octanol–water partition coefficient (Wildman–Crippen LogP) is 19.7. The van der Waals surface area contributed by atoms with Crippen LogP contribution < -0.4 is 28.4 Å². The lowest BCUT2D eigenvalue weighted by Crippen LogP contribution is -2.07. The second-order valence-corrected chi connectivity index (χ2v) is 19.3. The summed E-state index contributed by atoms with van der Waals surface area (Å²) in [5, 5.41) is 17.8. The van der Waals surface area contributed by atoms with Crippen LogP contribution in [0.2, 0.25) is 0 Å². The number of benzene rings is 4. The van der Waals surface area contributed by atoms with E-state index in [1.807, 2.05) is 54.6 Å². The molecule has 402 valence electrons. The van der Waals surface area contributed by atoms with Gasteiger partial charge in [-0.05, 0) is 98.2 Å². The van der Waals surface area contributed by atoms with Gasteiger partial charge in [0.15, 0.2) is 23.0 Å². The summed E-state index contributed by atoms with van der Waals surface area (Å²) in [5.41, 5.74) is 4.78. The number of nitrogens with zero attached hydrogens (tertiary/aromatic N) is 2. The van der Waals surface area contributed by atoms with Crippen molar-refractivity contribution in [2.75, 3.05) is 39.6 Å². The number of azo groups is 1. The Balaban J connectivity index is 1.52. The molecule has 0 spiro atoms. The maximum atomic E-state index is 13.4. The summed E-state index contributed by atoms with van der Waals surface area (Å²) >= 11 is 0. The van der Waals surface area contributed by atoms with Gasteiger partial charge < -0.3 is 33.6 Å². The molecule has 0 aliphatic carbocycles. The van der Waals surface area contributed by atoms with Crippen molar-refractivity contribution in [2.24, 2.45) is 5.11 Å². The lowest BCUT2D eigenvalue weighted by atomic mass is 10.1. The molecular formula is C64H94N2O7. The van der Waals surface area contributed by atoms with Gasteiger partial charge in [0.25, 0.3) is 0 Å². The number of rotatable bonds is 42. The first-order valence-corrected chi connectivity index (χ1v) is 28.8. The van der Waals surface area contributed by atoms with E-state index < -0.39 is 0 Å². The highest BCUT2D eigenvalue weighted by molar-refractivity contribution is 5.77. The molecule has 4 aromatic carbocycles. The first kappa shape index (κ1) is 60.1. The lowest BCUT2D eigenvalue weighted by Gasteiger charge is -2.19. The van der Waals surface area contributed by atoms with Crippen LogP contribution in [-0.4, -0.2) is 44.5 Å². The van der Waals surface area contributed by atoms with Crippen molar-refractivity contribution < 1.29 is 33.3 Å². The highest BCUT2D eigenvalue weighted by atomic mass is 16.5. The van der Waals surface area contributed by atoms with Gasteiger partial charge in [0.1, 0.15) is 5.69 Å². The molecule has 0 radical (unpaired) electrons. The Morgan fingerprint density at radius 2 is 0.658 bits per heavy atom. The molecule has 9 nitrogen and oxygen atoms in total. The van der Waals surface area contributed by atoms with Crippen molar-refractivity contribution in [1.82, 2.24) is 0 Å². The lowest BCUT2D eigenvalue weighted by molar-refractivity contribution is -0.435. The van der Waals surface area contributed by atoms with Gasteiger partial charge >= 0.3 is 0 Å². The molecule has 0 aliphatic rings. The van der Waals surface area contributed by atoms with Crippen LogP contribution in [0.4, 0.5) is 11.4 Å². The number of hydrogen-bond donors (Lipinski definition) is 0. The van der Waals surface area contributed by atoms with Crippen LogP contribution in [0.1, 0.15) is 218 Å². The average molecular weight is 1000 g/mol. The van der Waals surface area contributed by atoms with Crippen molar-refractivity contribution in [2.45, 2.75) is 196 Å². The Labute approximate surface area is 442 Å². The summed E-state index contributed by atoms with van der Waals surface area (Å²) in [7, 11) is 0.